The van der Waals surface area contributed by atoms with Crippen LogP contribution in [0.4, 0.5) is 8.78 Å². The van der Waals surface area contributed by atoms with Crippen LogP contribution in [0.25, 0.3) is 0 Å². The average molecular weight is 385 g/mol. The number of benzene rings is 2. The molecule has 0 unspecified atom stereocenters. The van der Waals surface area contributed by atoms with Gasteiger partial charge in [0.05, 0.1) is 6.21 Å². The molecule has 0 aliphatic heterocycles. The Bertz CT molecular complexity index is 738. The maximum absolute atomic E-state index is 12.1. The Hall–Kier alpha value is -2.48. The van der Waals surface area contributed by atoms with Crippen LogP contribution in [0.3, 0.4) is 0 Å². The minimum Gasteiger partial charge on any atom is -0.507 e. The summed E-state index contributed by atoms with van der Waals surface area (Å²) in [5.74, 6) is -0.727. The second-order valence-electron chi connectivity index (χ2n) is 4.31. The van der Waals surface area contributed by atoms with Crippen LogP contribution < -0.4 is 10.2 Å². The molecule has 0 bridgehead atoms. The van der Waals surface area contributed by atoms with E-state index in [9.17, 15) is 18.7 Å². The predicted octanol–water partition coefficient (Wildman–Crippen LogP) is 3.52. The fourth-order valence-electron chi connectivity index (χ4n) is 1.67. The number of hydrazone groups is 1. The number of halogens is 3. The third kappa shape index (κ3) is 5.03. The van der Waals surface area contributed by atoms with Gasteiger partial charge >= 0.3 is 6.61 Å². The quantitative estimate of drug-likeness (QED) is 0.611. The van der Waals surface area contributed by atoms with Gasteiger partial charge in [-0.15, -0.1) is 0 Å². The molecule has 0 aliphatic rings. The first-order valence-electron chi connectivity index (χ1n) is 6.32. The summed E-state index contributed by atoms with van der Waals surface area (Å²) in [5.41, 5.74) is 2.74. The van der Waals surface area contributed by atoms with E-state index in [-0.39, 0.29) is 17.1 Å². The van der Waals surface area contributed by atoms with E-state index in [1.54, 1.807) is 12.1 Å². The number of phenols is 1. The molecule has 2 aromatic carbocycles. The van der Waals surface area contributed by atoms with Gasteiger partial charge in [-0.05, 0) is 36.4 Å². The maximum atomic E-state index is 12.1. The largest absolute Gasteiger partial charge is 0.507 e. The van der Waals surface area contributed by atoms with E-state index < -0.39 is 12.5 Å². The van der Waals surface area contributed by atoms with Crippen molar-refractivity contribution in [2.24, 2.45) is 5.10 Å². The number of nitrogens with one attached hydrogen (secondary N) is 1. The Morgan fingerprint density at radius 2 is 2.09 bits per heavy atom. The number of phenolic OH excluding ortho intramolecular Hbond substituents is 1. The van der Waals surface area contributed by atoms with Crippen molar-refractivity contribution in [3.63, 3.8) is 0 Å². The highest BCUT2D eigenvalue weighted by Gasteiger charge is 2.09. The molecule has 0 aliphatic carbocycles. The minimum atomic E-state index is -2.97. The van der Waals surface area contributed by atoms with Crippen molar-refractivity contribution >= 4 is 28.1 Å². The molecule has 0 saturated heterocycles. The molecule has 0 aromatic heterocycles. The lowest BCUT2D eigenvalue weighted by molar-refractivity contribution is -0.0498. The zero-order chi connectivity index (χ0) is 16.8. The smallest absolute Gasteiger partial charge is 0.387 e. The molecule has 8 heteroatoms. The molecule has 120 valence electrons. The van der Waals surface area contributed by atoms with Crippen LogP contribution in [-0.2, 0) is 0 Å². The van der Waals surface area contributed by atoms with Crippen molar-refractivity contribution in [1.29, 1.82) is 0 Å². The molecule has 5 nitrogen and oxygen atoms in total. The number of carbonyl (C=O) groups is 1. The second kappa shape index (κ2) is 7.68. The van der Waals surface area contributed by atoms with E-state index in [0.717, 1.165) is 4.47 Å². The van der Waals surface area contributed by atoms with Crippen LogP contribution in [0.5, 0.6) is 11.5 Å². The first-order valence-corrected chi connectivity index (χ1v) is 7.12. The van der Waals surface area contributed by atoms with Crippen molar-refractivity contribution in [3.05, 3.63) is 58.1 Å². The first kappa shape index (κ1) is 16.9. The van der Waals surface area contributed by atoms with E-state index >= 15 is 0 Å². The van der Waals surface area contributed by atoms with Gasteiger partial charge in [-0.25, -0.2) is 5.43 Å². The molecule has 2 aromatic rings. The van der Waals surface area contributed by atoms with Crippen LogP contribution in [0.15, 0.2) is 52.0 Å². The zero-order valence-electron chi connectivity index (χ0n) is 11.5. The highest BCUT2D eigenvalue weighted by atomic mass is 79.9. The van der Waals surface area contributed by atoms with Gasteiger partial charge in [0, 0.05) is 15.6 Å². The van der Waals surface area contributed by atoms with E-state index in [1.807, 2.05) is 0 Å². The third-order valence-corrected chi connectivity index (χ3v) is 3.17. The molecular formula is C15H11BrF2N2O3. The Balaban J connectivity index is 2.04. The number of amides is 1. The van der Waals surface area contributed by atoms with Crippen molar-refractivity contribution in [2.75, 3.05) is 0 Å². The lowest BCUT2D eigenvalue weighted by Crippen LogP contribution is -2.17. The Labute approximate surface area is 138 Å². The number of ether oxygens (including phenoxy) is 1. The molecule has 0 atom stereocenters. The molecule has 2 N–H and O–H groups in total. The molecule has 0 heterocycles. The van der Waals surface area contributed by atoms with Gasteiger partial charge in [0.2, 0.25) is 0 Å². The summed E-state index contributed by atoms with van der Waals surface area (Å²) >= 11 is 3.25. The molecule has 1 amide bonds. The van der Waals surface area contributed by atoms with E-state index in [4.69, 9.17) is 0 Å². The van der Waals surface area contributed by atoms with Crippen LogP contribution in [-0.4, -0.2) is 23.8 Å². The van der Waals surface area contributed by atoms with Gasteiger partial charge in [0.15, 0.2) is 0 Å². The highest BCUT2D eigenvalue weighted by molar-refractivity contribution is 9.10. The lowest BCUT2D eigenvalue weighted by Gasteiger charge is -2.06. The number of hydrogen-bond acceptors (Lipinski definition) is 4. The normalized spacial score (nSPS) is 11.0. The van der Waals surface area contributed by atoms with Gasteiger partial charge in [-0.2, -0.15) is 13.9 Å². The number of carbonyl (C=O) groups excluding carboxylic acids is 1. The lowest BCUT2D eigenvalue weighted by atomic mass is 10.2. The zero-order valence-corrected chi connectivity index (χ0v) is 13.1. The molecular weight excluding hydrogens is 374 g/mol. The summed E-state index contributed by atoms with van der Waals surface area (Å²) in [6, 6.07) is 10.1. The van der Waals surface area contributed by atoms with Crippen LogP contribution in [0, 0.1) is 0 Å². The Morgan fingerprint density at radius 3 is 2.83 bits per heavy atom. The average Bonchev–Trinajstić information content (AvgIpc) is 2.50. The van der Waals surface area contributed by atoms with Gasteiger partial charge in [-0.1, -0.05) is 22.0 Å². The molecule has 0 radical (unpaired) electrons. The molecule has 2 rings (SSSR count). The van der Waals surface area contributed by atoms with Gasteiger partial charge < -0.3 is 9.84 Å². The molecule has 23 heavy (non-hydrogen) atoms. The summed E-state index contributed by atoms with van der Waals surface area (Å²) in [6.07, 6.45) is 1.26. The number of nitrogens with zero attached hydrogens (tertiary/aromatic N) is 1. The predicted molar refractivity (Wildman–Crippen MR) is 83.9 cm³/mol. The van der Waals surface area contributed by atoms with Gasteiger partial charge in [-0.3, -0.25) is 4.79 Å². The summed E-state index contributed by atoms with van der Waals surface area (Å²) < 4.78 is 29.2. The van der Waals surface area contributed by atoms with Gasteiger partial charge in [0.25, 0.3) is 5.91 Å². The van der Waals surface area contributed by atoms with E-state index in [2.05, 4.69) is 31.2 Å². The molecule has 0 spiro atoms. The Morgan fingerprint density at radius 1 is 1.30 bits per heavy atom. The standard InChI is InChI=1S/C15H11BrF2N2O3/c16-11-4-5-13(21)10(6-11)8-19-20-14(22)9-2-1-3-12(7-9)23-15(17)18/h1-8,15,21H,(H,20,22)/b19-8-. The highest BCUT2D eigenvalue weighted by Crippen LogP contribution is 2.20. The number of aromatic hydroxyl groups is 1. The van der Waals surface area contributed by atoms with Crippen LogP contribution >= 0.6 is 15.9 Å². The molecule has 0 saturated carbocycles. The topological polar surface area (TPSA) is 70.9 Å². The number of hydrogen-bond donors (Lipinski definition) is 2. The number of alkyl halides is 2. The summed E-state index contributed by atoms with van der Waals surface area (Å²) in [7, 11) is 0. The summed E-state index contributed by atoms with van der Waals surface area (Å²) in [6.45, 7) is -2.97. The van der Waals surface area contributed by atoms with Gasteiger partial charge in [0.1, 0.15) is 11.5 Å². The summed E-state index contributed by atoms with van der Waals surface area (Å²) in [4.78, 5) is 11.9. The number of rotatable bonds is 5. The van der Waals surface area contributed by atoms with Crippen molar-refractivity contribution in [1.82, 2.24) is 5.43 Å². The second-order valence-corrected chi connectivity index (χ2v) is 5.22. The first-order chi connectivity index (χ1) is 11.0. The Kier molecular flexibility index (Phi) is 5.64. The maximum Gasteiger partial charge on any atom is 0.387 e. The van der Waals surface area contributed by atoms with Crippen LogP contribution in [0.2, 0.25) is 0 Å². The third-order valence-electron chi connectivity index (χ3n) is 2.68. The monoisotopic (exact) mass is 384 g/mol. The van der Waals surface area contributed by atoms with Crippen molar-refractivity contribution < 1.29 is 23.4 Å². The van der Waals surface area contributed by atoms with E-state index in [0.29, 0.717) is 5.56 Å². The minimum absolute atomic E-state index is 0.00136. The fraction of sp³-hybridized carbons (Fsp3) is 0.0667. The van der Waals surface area contributed by atoms with Crippen molar-refractivity contribution in [2.45, 2.75) is 6.61 Å². The fourth-order valence-corrected chi connectivity index (χ4v) is 2.05. The summed E-state index contributed by atoms with van der Waals surface area (Å²) in [5, 5.41) is 13.3. The van der Waals surface area contributed by atoms with Crippen LogP contribution in [0.1, 0.15) is 15.9 Å². The SMILES string of the molecule is O=C(N/N=C\c1cc(Br)ccc1O)c1cccc(OC(F)F)c1. The van der Waals surface area contributed by atoms with Crippen molar-refractivity contribution in [3.8, 4) is 11.5 Å². The van der Waals surface area contributed by atoms with E-state index in [1.165, 1.54) is 36.5 Å². The molecule has 0 fully saturated rings.